The minimum Gasteiger partial charge on any atom is -0.337 e. The molecule has 4 nitrogen and oxygen atoms in total. The number of likely N-dealkylation sites (tertiary alicyclic amines) is 1. The molecule has 1 aromatic heterocycles. The lowest BCUT2D eigenvalue weighted by atomic mass is 9.98. The van der Waals surface area contributed by atoms with Crippen molar-refractivity contribution in [3.63, 3.8) is 0 Å². The van der Waals surface area contributed by atoms with Gasteiger partial charge in [-0.3, -0.25) is 4.79 Å². The molecule has 0 aromatic carbocycles. The number of rotatable bonds is 1. The Morgan fingerprint density at radius 2 is 2.38 bits per heavy atom. The van der Waals surface area contributed by atoms with Crippen LogP contribution in [0.5, 0.6) is 0 Å². The number of piperidine rings is 1. The molecule has 16 heavy (non-hydrogen) atoms. The lowest BCUT2D eigenvalue weighted by Crippen LogP contribution is -2.43. The van der Waals surface area contributed by atoms with E-state index in [1.807, 2.05) is 0 Å². The van der Waals surface area contributed by atoms with Crippen LogP contribution < -0.4 is 0 Å². The second-order valence-electron chi connectivity index (χ2n) is 4.16. The average Bonchev–Trinajstić information content (AvgIpc) is 2.33. The van der Waals surface area contributed by atoms with Gasteiger partial charge in [0.1, 0.15) is 0 Å². The Balaban J connectivity index is 2.06. The van der Waals surface area contributed by atoms with Crippen LogP contribution in [0, 0.1) is 5.92 Å². The molecule has 2 atom stereocenters. The van der Waals surface area contributed by atoms with E-state index in [1.165, 1.54) is 12.4 Å². The highest BCUT2D eigenvalue weighted by atomic mass is 35.5. The molecule has 0 spiro atoms. The number of aromatic nitrogens is 2. The maximum Gasteiger partial charge on any atom is 0.255 e. The van der Waals surface area contributed by atoms with Gasteiger partial charge in [0.25, 0.3) is 5.91 Å². The number of carbonyl (C=O) groups is 1. The third kappa shape index (κ3) is 2.32. The van der Waals surface area contributed by atoms with E-state index in [2.05, 4.69) is 17.1 Å². The summed E-state index contributed by atoms with van der Waals surface area (Å²) >= 11 is 6.17. The molecular formula is C11H14ClN3O. The third-order valence-corrected chi connectivity index (χ3v) is 3.55. The molecule has 5 heteroatoms. The van der Waals surface area contributed by atoms with Crippen molar-refractivity contribution in [3.8, 4) is 0 Å². The summed E-state index contributed by atoms with van der Waals surface area (Å²) in [5.74, 6) is 0.466. The average molecular weight is 240 g/mol. The number of hydrogen-bond acceptors (Lipinski definition) is 3. The van der Waals surface area contributed by atoms with Crippen LogP contribution in [0.15, 0.2) is 18.5 Å². The SMILES string of the molecule is CC1CCN(C(=O)c2ccnnc2)CC1Cl. The maximum absolute atomic E-state index is 12.1. The van der Waals surface area contributed by atoms with Crippen LogP contribution in [0.25, 0.3) is 0 Å². The molecule has 2 heterocycles. The second-order valence-corrected chi connectivity index (χ2v) is 4.72. The van der Waals surface area contributed by atoms with Gasteiger partial charge in [0.05, 0.1) is 23.3 Å². The molecule has 2 unspecified atom stereocenters. The predicted molar refractivity (Wildman–Crippen MR) is 61.4 cm³/mol. The molecule has 0 saturated carbocycles. The predicted octanol–water partition coefficient (Wildman–Crippen LogP) is 1.57. The Kier molecular flexibility index (Phi) is 3.39. The van der Waals surface area contributed by atoms with Crippen LogP contribution in [-0.2, 0) is 0 Å². The van der Waals surface area contributed by atoms with Crippen molar-refractivity contribution in [2.75, 3.05) is 13.1 Å². The summed E-state index contributed by atoms with van der Waals surface area (Å²) in [7, 11) is 0. The molecule has 1 aliphatic rings. The topological polar surface area (TPSA) is 46.1 Å². The van der Waals surface area contributed by atoms with Gasteiger partial charge in [-0.2, -0.15) is 10.2 Å². The van der Waals surface area contributed by atoms with E-state index in [0.717, 1.165) is 13.0 Å². The van der Waals surface area contributed by atoms with Gasteiger partial charge in [0, 0.05) is 13.1 Å². The van der Waals surface area contributed by atoms with Gasteiger partial charge in [-0.1, -0.05) is 6.92 Å². The minimum absolute atomic E-state index is 0.00699. The molecule has 1 saturated heterocycles. The van der Waals surface area contributed by atoms with Crippen LogP contribution >= 0.6 is 11.6 Å². The Morgan fingerprint density at radius 3 is 3.00 bits per heavy atom. The molecule has 0 radical (unpaired) electrons. The molecule has 1 fully saturated rings. The zero-order chi connectivity index (χ0) is 11.5. The van der Waals surface area contributed by atoms with E-state index in [0.29, 0.717) is 18.0 Å². The molecule has 86 valence electrons. The zero-order valence-corrected chi connectivity index (χ0v) is 9.89. The fourth-order valence-electron chi connectivity index (χ4n) is 1.81. The summed E-state index contributed by atoms with van der Waals surface area (Å²) in [5, 5.41) is 7.41. The summed E-state index contributed by atoms with van der Waals surface area (Å²) < 4.78 is 0. The normalized spacial score (nSPS) is 25.5. The van der Waals surface area contributed by atoms with Crippen LogP contribution in [0.1, 0.15) is 23.7 Å². The molecule has 0 aliphatic carbocycles. The highest BCUT2D eigenvalue weighted by Crippen LogP contribution is 2.22. The highest BCUT2D eigenvalue weighted by Gasteiger charge is 2.27. The summed E-state index contributed by atoms with van der Waals surface area (Å²) in [6.07, 6.45) is 3.97. The van der Waals surface area contributed by atoms with E-state index in [1.54, 1.807) is 11.0 Å². The lowest BCUT2D eigenvalue weighted by molar-refractivity contribution is 0.0701. The zero-order valence-electron chi connectivity index (χ0n) is 9.14. The Morgan fingerprint density at radius 1 is 1.56 bits per heavy atom. The van der Waals surface area contributed by atoms with Crippen LogP contribution in [0.4, 0.5) is 0 Å². The van der Waals surface area contributed by atoms with Gasteiger partial charge in [0.2, 0.25) is 0 Å². The van der Waals surface area contributed by atoms with Gasteiger partial charge in [-0.15, -0.1) is 11.6 Å². The molecule has 1 aromatic rings. The number of amides is 1. The summed E-state index contributed by atoms with van der Waals surface area (Å²) in [6.45, 7) is 3.50. The van der Waals surface area contributed by atoms with Crippen molar-refractivity contribution >= 4 is 17.5 Å². The standard InChI is InChI=1S/C11H14ClN3O/c1-8-3-5-15(7-10(8)12)11(16)9-2-4-13-14-6-9/h2,4,6,8,10H,3,5,7H2,1H3. The number of hydrogen-bond donors (Lipinski definition) is 0. The van der Waals surface area contributed by atoms with Crippen molar-refractivity contribution in [1.29, 1.82) is 0 Å². The van der Waals surface area contributed by atoms with Crippen molar-refractivity contribution < 1.29 is 4.79 Å². The van der Waals surface area contributed by atoms with Crippen molar-refractivity contribution in [1.82, 2.24) is 15.1 Å². The third-order valence-electron chi connectivity index (χ3n) is 2.99. The van der Waals surface area contributed by atoms with Gasteiger partial charge in [-0.25, -0.2) is 0 Å². The minimum atomic E-state index is -0.00699. The van der Waals surface area contributed by atoms with Crippen LogP contribution in [0.3, 0.4) is 0 Å². The van der Waals surface area contributed by atoms with Crippen molar-refractivity contribution in [2.45, 2.75) is 18.7 Å². The van der Waals surface area contributed by atoms with E-state index >= 15 is 0 Å². The fraction of sp³-hybridized carbons (Fsp3) is 0.545. The first-order valence-corrected chi connectivity index (χ1v) is 5.82. The Hall–Kier alpha value is -1.16. The Bertz CT molecular complexity index is 371. The first-order chi connectivity index (χ1) is 7.68. The van der Waals surface area contributed by atoms with E-state index in [9.17, 15) is 4.79 Å². The van der Waals surface area contributed by atoms with Gasteiger partial charge < -0.3 is 4.90 Å². The molecule has 0 bridgehead atoms. The van der Waals surface area contributed by atoms with E-state index in [-0.39, 0.29) is 11.3 Å². The number of carbonyl (C=O) groups excluding carboxylic acids is 1. The molecule has 1 amide bonds. The van der Waals surface area contributed by atoms with Crippen molar-refractivity contribution in [3.05, 3.63) is 24.0 Å². The van der Waals surface area contributed by atoms with Gasteiger partial charge >= 0.3 is 0 Å². The van der Waals surface area contributed by atoms with E-state index in [4.69, 9.17) is 11.6 Å². The quantitative estimate of drug-likeness (QED) is 0.699. The molecule has 2 rings (SSSR count). The molecule has 0 N–H and O–H groups in total. The number of alkyl halides is 1. The summed E-state index contributed by atoms with van der Waals surface area (Å²) in [5.41, 5.74) is 0.577. The molecular weight excluding hydrogens is 226 g/mol. The Labute approximate surface area is 99.6 Å². The smallest absolute Gasteiger partial charge is 0.255 e. The summed E-state index contributed by atoms with van der Waals surface area (Å²) in [4.78, 5) is 13.8. The first-order valence-electron chi connectivity index (χ1n) is 5.38. The van der Waals surface area contributed by atoms with Crippen LogP contribution in [-0.4, -0.2) is 39.5 Å². The van der Waals surface area contributed by atoms with Crippen LogP contribution in [0.2, 0.25) is 0 Å². The summed E-state index contributed by atoms with van der Waals surface area (Å²) in [6, 6.07) is 1.68. The lowest BCUT2D eigenvalue weighted by Gasteiger charge is -2.33. The number of nitrogens with zero attached hydrogens (tertiary/aromatic N) is 3. The highest BCUT2D eigenvalue weighted by molar-refractivity contribution is 6.21. The van der Waals surface area contributed by atoms with Crippen molar-refractivity contribution in [2.24, 2.45) is 5.92 Å². The van der Waals surface area contributed by atoms with Gasteiger partial charge in [-0.05, 0) is 18.4 Å². The van der Waals surface area contributed by atoms with Gasteiger partial charge in [0.15, 0.2) is 0 Å². The number of halogens is 1. The monoisotopic (exact) mass is 239 g/mol. The van der Waals surface area contributed by atoms with E-state index < -0.39 is 0 Å². The second kappa shape index (κ2) is 4.78. The molecule has 1 aliphatic heterocycles. The first kappa shape index (κ1) is 11.3. The largest absolute Gasteiger partial charge is 0.337 e. The fourth-order valence-corrected chi connectivity index (χ4v) is 2.10. The maximum atomic E-state index is 12.1.